The molecule has 100 heavy (non-hydrogen) atoms. The van der Waals surface area contributed by atoms with E-state index in [1.54, 1.807) is 50.2 Å². The summed E-state index contributed by atoms with van der Waals surface area (Å²) in [6, 6.07) is 11.0. The molecule has 32 heteroatoms. The first-order chi connectivity index (χ1) is 47.6. The summed E-state index contributed by atoms with van der Waals surface area (Å²) in [4.78, 5) is 185. The first-order valence-electron chi connectivity index (χ1n) is 33.1. The summed E-state index contributed by atoms with van der Waals surface area (Å²) in [5.74, 6) is -11.1. The molecular formula is C68H91ClN16O15. The van der Waals surface area contributed by atoms with Gasteiger partial charge in [0.1, 0.15) is 66.2 Å². The van der Waals surface area contributed by atoms with Crippen LogP contribution in [0.25, 0.3) is 10.8 Å². The summed E-state index contributed by atoms with van der Waals surface area (Å²) in [7, 11) is 0. The summed E-state index contributed by atoms with van der Waals surface area (Å²) in [6.45, 7) is 4.83. The molecule has 13 amide bonds. The first kappa shape index (κ1) is 78.6. The number of nitrogens with two attached hydrogens (primary N) is 3. The number of likely N-dealkylation sites (tertiary alicyclic amines) is 1. The molecule has 2 fully saturated rings. The van der Waals surface area contributed by atoms with E-state index in [1.165, 1.54) is 36.1 Å². The average molecular weight is 1410 g/mol. The van der Waals surface area contributed by atoms with Gasteiger partial charge in [0.2, 0.25) is 76.8 Å². The zero-order chi connectivity index (χ0) is 73.2. The number of aliphatic hydroxyl groups excluding tert-OH is 1. The van der Waals surface area contributed by atoms with E-state index in [0.29, 0.717) is 28.1 Å². The maximum atomic E-state index is 15.1. The second-order valence-electron chi connectivity index (χ2n) is 25.1. The van der Waals surface area contributed by atoms with Crippen molar-refractivity contribution in [2.75, 3.05) is 32.8 Å². The average Bonchev–Trinajstić information content (AvgIpc) is 1.51. The minimum Gasteiger partial charge on any atom is -0.508 e. The second kappa shape index (κ2) is 38.6. The number of primary amides is 1. The Bertz CT molecular complexity index is 3610. The predicted octanol–water partition coefficient (Wildman–Crippen LogP) is -2.00. The van der Waals surface area contributed by atoms with Gasteiger partial charge < -0.3 is 90.8 Å². The highest BCUT2D eigenvalue weighted by molar-refractivity contribution is 6.30. The molecule has 0 unspecified atom stereocenters. The number of nitrogens with one attached hydrogen (secondary N) is 11. The number of phenolic OH excluding ortho intramolecular Hbond substituents is 1. The Morgan fingerprint density at radius 3 is 1.90 bits per heavy atom. The van der Waals surface area contributed by atoms with Crippen molar-refractivity contribution in [3.8, 4) is 5.75 Å². The zero-order valence-electron chi connectivity index (χ0n) is 56.2. The van der Waals surface area contributed by atoms with Crippen LogP contribution in [0, 0.1) is 5.92 Å². The Morgan fingerprint density at radius 1 is 0.650 bits per heavy atom. The van der Waals surface area contributed by atoms with Crippen molar-refractivity contribution >= 4 is 105 Å². The molecule has 0 spiro atoms. The first-order valence-corrected chi connectivity index (χ1v) is 33.4. The van der Waals surface area contributed by atoms with Crippen LogP contribution in [-0.2, 0) is 81.6 Å². The van der Waals surface area contributed by atoms with Gasteiger partial charge in [-0.3, -0.25) is 67.3 Å². The van der Waals surface area contributed by atoms with Crippen molar-refractivity contribution < 1.29 is 72.5 Å². The van der Waals surface area contributed by atoms with Gasteiger partial charge >= 0.3 is 0 Å². The van der Waals surface area contributed by atoms with Crippen LogP contribution in [0.2, 0.25) is 5.02 Å². The van der Waals surface area contributed by atoms with Crippen LogP contribution in [0.4, 0.5) is 0 Å². The molecule has 4 aromatic rings. The number of hydrogen-bond donors (Lipinski definition) is 16. The van der Waals surface area contributed by atoms with Crippen molar-refractivity contribution in [1.29, 1.82) is 0 Å². The summed E-state index contributed by atoms with van der Waals surface area (Å²) in [6.07, 6.45) is -0.901. The molecule has 2 heterocycles. The summed E-state index contributed by atoms with van der Waals surface area (Å²) in [5.41, 5.74) is 18.1. The lowest BCUT2D eigenvalue weighted by molar-refractivity contribution is -0.142. The van der Waals surface area contributed by atoms with Crippen LogP contribution in [0.5, 0.6) is 5.75 Å². The largest absolute Gasteiger partial charge is 0.508 e. The van der Waals surface area contributed by atoms with E-state index in [0.717, 1.165) is 17.7 Å². The molecule has 0 saturated carbocycles. The van der Waals surface area contributed by atoms with E-state index in [-0.39, 0.29) is 102 Å². The SMILES string of the molecule is CC(=O)N[C@H]1CC(=O)NCCC(=O)N[C@@H](C(=O)N[C@@H](CO)C(=O)N[C@@H](Cc2ccc(O)cc2)C(=O)N[C@H](Cc2ccc3ccccc3c2)C(=O)N[C@H](CC(C)C)C(=O)N[C@@H](CCCN=C(N)N)C(=O)N2CCC[C@H]2C(=O)N[C@H](C)C(N)=O)CCCNC(=O)[C@@H](Cc2ccc(Cl)cc2)NC1=O. The normalized spacial score (nSPS) is 18.8. The Kier molecular flexibility index (Phi) is 30.4. The third-order valence-corrected chi connectivity index (χ3v) is 16.9. The number of rotatable bonds is 28. The van der Waals surface area contributed by atoms with Crippen molar-refractivity contribution in [3.63, 3.8) is 0 Å². The van der Waals surface area contributed by atoms with Gasteiger partial charge in [0.15, 0.2) is 5.96 Å². The number of carbonyl (C=O) groups is 13. The maximum Gasteiger partial charge on any atom is 0.245 e. The van der Waals surface area contributed by atoms with E-state index in [9.17, 15) is 63.0 Å². The quantitative estimate of drug-likeness (QED) is 0.0166. The highest BCUT2D eigenvalue weighted by Crippen LogP contribution is 2.22. The summed E-state index contributed by atoms with van der Waals surface area (Å²) in [5, 5.41) is 51.8. The van der Waals surface area contributed by atoms with Crippen molar-refractivity contribution in [2.24, 2.45) is 28.1 Å². The number of phenols is 1. The van der Waals surface area contributed by atoms with Gasteiger partial charge in [-0.1, -0.05) is 92.2 Å². The molecule has 0 aromatic heterocycles. The van der Waals surface area contributed by atoms with Crippen LogP contribution < -0.4 is 75.7 Å². The van der Waals surface area contributed by atoms with Crippen LogP contribution in [0.1, 0.15) is 102 Å². The molecule has 6 rings (SSSR count). The topological polar surface area (TPSA) is 488 Å². The predicted molar refractivity (Wildman–Crippen MR) is 368 cm³/mol. The number of halogens is 1. The fraction of sp³-hybridized carbons (Fsp3) is 0.471. The van der Waals surface area contributed by atoms with Crippen molar-refractivity contribution in [1.82, 2.24) is 63.4 Å². The molecule has 19 N–H and O–H groups in total. The van der Waals surface area contributed by atoms with Gasteiger partial charge in [-0.25, -0.2) is 0 Å². The molecule has 31 nitrogen and oxygen atoms in total. The molecule has 4 aromatic carbocycles. The standard InChI is InChI=1S/C68H91ClN16O15/c1-37(2)30-49(61(94)79-48(13-8-27-75-68(71)72)67(100)85-29-9-14-55(85)66(99)76-38(3)58(70)91)80-63(96)52(34-42-15-20-43-10-5-6-11-44(43)31-42)82-62(95)51(33-41-18-23-46(88)24-19-41)83-65(98)54(36-86)84-60(93)47-12-7-26-74-59(92)50(32-40-16-21-45(69)22-17-40)81-64(97)53(77-39(4)87)35-57(90)73-28-25-56(89)78-47/h5-6,10-11,15-24,31,37-38,47-55,86,88H,7-9,12-14,25-30,32-36H2,1-4H3,(H2,70,91)(H,73,90)(H,74,92)(H,76,99)(H,77,87)(H,78,89)(H,79,94)(H,80,96)(H,81,97)(H,82,95)(H,83,98)(H,84,93)(H4,71,72,75)/t38-,47-,48+,49-,50-,51+,52-,53+,54+,55+/m1/s1. The van der Waals surface area contributed by atoms with Gasteiger partial charge in [-0.2, -0.15) is 0 Å². The molecule has 0 radical (unpaired) electrons. The van der Waals surface area contributed by atoms with E-state index in [2.05, 4.69) is 63.5 Å². The molecule has 2 aliphatic heterocycles. The smallest absolute Gasteiger partial charge is 0.245 e. The molecule has 540 valence electrons. The number of benzene rings is 4. The Balaban J connectivity index is 1.25. The van der Waals surface area contributed by atoms with Gasteiger partial charge in [0, 0.05) is 63.8 Å². The second-order valence-corrected chi connectivity index (χ2v) is 25.6. The molecule has 10 atom stereocenters. The number of nitrogens with zero attached hydrogens (tertiary/aromatic N) is 2. The Labute approximate surface area is 583 Å². The van der Waals surface area contributed by atoms with Crippen LogP contribution in [0.3, 0.4) is 0 Å². The third-order valence-electron chi connectivity index (χ3n) is 16.6. The number of amides is 13. The monoisotopic (exact) mass is 1410 g/mol. The summed E-state index contributed by atoms with van der Waals surface area (Å²) >= 11 is 6.09. The van der Waals surface area contributed by atoms with Gasteiger partial charge in [0.25, 0.3) is 0 Å². The van der Waals surface area contributed by atoms with Gasteiger partial charge in [0.05, 0.1) is 13.0 Å². The maximum absolute atomic E-state index is 15.1. The molecule has 2 aliphatic rings. The number of carbonyl (C=O) groups excluding carboxylic acids is 13. The lowest BCUT2D eigenvalue weighted by atomic mass is 9.98. The number of fused-ring (bicyclic) bond motifs is 1. The zero-order valence-corrected chi connectivity index (χ0v) is 57.0. The molecule has 0 aliphatic carbocycles. The van der Waals surface area contributed by atoms with E-state index < -0.39 is 157 Å². The minimum absolute atomic E-state index is 0.00233. The van der Waals surface area contributed by atoms with E-state index in [1.807, 2.05) is 30.3 Å². The van der Waals surface area contributed by atoms with Crippen LogP contribution >= 0.6 is 11.6 Å². The van der Waals surface area contributed by atoms with Crippen LogP contribution in [-0.4, -0.2) is 191 Å². The Hall–Kier alpha value is -10.4. The molecule has 0 bridgehead atoms. The number of guanidine groups is 1. The van der Waals surface area contributed by atoms with Crippen molar-refractivity contribution in [3.05, 3.63) is 113 Å². The lowest BCUT2D eigenvalue weighted by Crippen LogP contribution is -2.61. The molecule has 2 saturated heterocycles. The van der Waals surface area contributed by atoms with E-state index >= 15 is 9.59 Å². The fourth-order valence-corrected chi connectivity index (χ4v) is 11.5. The number of aromatic hydroxyl groups is 1. The lowest BCUT2D eigenvalue weighted by Gasteiger charge is -2.31. The minimum atomic E-state index is -1.82. The highest BCUT2D eigenvalue weighted by Gasteiger charge is 2.40. The van der Waals surface area contributed by atoms with E-state index in [4.69, 9.17) is 28.8 Å². The number of aliphatic hydroxyl groups is 1. The molecular weight excluding hydrogens is 1320 g/mol. The number of aliphatic imine (C=N–C) groups is 1. The van der Waals surface area contributed by atoms with Gasteiger partial charge in [-0.05, 0) is 110 Å². The van der Waals surface area contributed by atoms with Crippen LogP contribution in [0.15, 0.2) is 96.0 Å². The number of hydrogen-bond acceptors (Lipinski definition) is 16. The summed E-state index contributed by atoms with van der Waals surface area (Å²) < 4.78 is 0. The third kappa shape index (κ3) is 25.1. The van der Waals surface area contributed by atoms with Crippen molar-refractivity contribution in [2.45, 2.75) is 165 Å². The Morgan fingerprint density at radius 2 is 1.26 bits per heavy atom. The fourth-order valence-electron chi connectivity index (χ4n) is 11.3. The highest BCUT2D eigenvalue weighted by atomic mass is 35.5. The van der Waals surface area contributed by atoms with Gasteiger partial charge in [-0.15, -0.1) is 0 Å².